The van der Waals surface area contributed by atoms with Crippen molar-refractivity contribution in [3.63, 3.8) is 0 Å². The zero-order valence-corrected chi connectivity index (χ0v) is 8.33. The Kier molecular flexibility index (Phi) is 1.89. The Balaban J connectivity index is 2.08. The van der Waals surface area contributed by atoms with Gasteiger partial charge >= 0.3 is 0 Å². The lowest BCUT2D eigenvalue weighted by molar-refractivity contribution is 0.249. The molecule has 0 heterocycles. The first-order valence-corrected chi connectivity index (χ1v) is 5.30. The molecule has 0 N–H and O–H groups in total. The van der Waals surface area contributed by atoms with Crippen LogP contribution in [0.25, 0.3) is 0 Å². The molecular formula is C9H14Cl2. The molecule has 2 aliphatic rings. The van der Waals surface area contributed by atoms with Crippen LogP contribution in [-0.4, -0.2) is 4.84 Å². The van der Waals surface area contributed by atoms with Gasteiger partial charge in [-0.1, -0.05) is 13.3 Å². The van der Waals surface area contributed by atoms with Gasteiger partial charge in [-0.3, -0.25) is 0 Å². The molecule has 0 spiro atoms. The minimum Gasteiger partial charge on any atom is -0.105 e. The smallest absolute Gasteiger partial charge is 0.105 e. The Morgan fingerprint density at radius 2 is 2.09 bits per heavy atom. The van der Waals surface area contributed by atoms with Gasteiger partial charge in [-0.25, -0.2) is 0 Å². The third kappa shape index (κ3) is 1.19. The molecule has 2 aliphatic carbocycles. The van der Waals surface area contributed by atoms with Gasteiger partial charge in [0.05, 0.1) is 0 Å². The van der Waals surface area contributed by atoms with Crippen molar-refractivity contribution in [3.05, 3.63) is 0 Å². The lowest BCUT2D eigenvalue weighted by Gasteiger charge is -2.29. The highest BCUT2D eigenvalue weighted by Crippen LogP contribution is 2.65. The number of hydrogen-bond donors (Lipinski definition) is 0. The number of fused-ring (bicyclic) bond motifs is 1. The largest absolute Gasteiger partial charge is 0.111 e. The van der Waals surface area contributed by atoms with Gasteiger partial charge in [-0.05, 0) is 36.5 Å². The third-order valence-corrected chi connectivity index (χ3v) is 4.29. The average Bonchev–Trinajstić information content (AvgIpc) is 2.58. The van der Waals surface area contributed by atoms with Crippen molar-refractivity contribution in [1.29, 1.82) is 0 Å². The molecular weight excluding hydrogens is 179 g/mol. The van der Waals surface area contributed by atoms with E-state index < -0.39 is 0 Å². The summed E-state index contributed by atoms with van der Waals surface area (Å²) in [4.78, 5) is -0.134. The van der Waals surface area contributed by atoms with E-state index in [4.69, 9.17) is 23.2 Å². The summed E-state index contributed by atoms with van der Waals surface area (Å²) >= 11 is 11.9. The van der Waals surface area contributed by atoms with Crippen LogP contribution in [0.5, 0.6) is 0 Å². The fourth-order valence-electron chi connectivity index (χ4n) is 2.69. The molecule has 0 aliphatic heterocycles. The maximum atomic E-state index is 5.93. The molecule has 2 saturated carbocycles. The highest BCUT2D eigenvalue weighted by Gasteiger charge is 2.57. The summed E-state index contributed by atoms with van der Waals surface area (Å²) in [6, 6.07) is 0. The van der Waals surface area contributed by atoms with Crippen molar-refractivity contribution >= 4 is 23.2 Å². The number of hydrogen-bond acceptors (Lipinski definition) is 0. The van der Waals surface area contributed by atoms with Gasteiger partial charge < -0.3 is 0 Å². The number of halogens is 2. The Morgan fingerprint density at radius 1 is 1.36 bits per heavy atom. The summed E-state index contributed by atoms with van der Waals surface area (Å²) < 4.78 is 0. The molecule has 0 bridgehead atoms. The highest BCUT2D eigenvalue weighted by molar-refractivity contribution is 6.44. The SMILES string of the molecule is CC12CC1CCCC2C(Cl)Cl. The van der Waals surface area contributed by atoms with Crippen LogP contribution < -0.4 is 0 Å². The second-order valence-corrected chi connectivity index (χ2v) is 5.44. The molecule has 0 aromatic heterocycles. The second kappa shape index (κ2) is 2.53. The van der Waals surface area contributed by atoms with Gasteiger partial charge in [-0.2, -0.15) is 0 Å². The normalized spacial score (nSPS) is 49.1. The summed E-state index contributed by atoms with van der Waals surface area (Å²) in [6.07, 6.45) is 5.35. The van der Waals surface area contributed by atoms with Crippen LogP contribution in [0.15, 0.2) is 0 Å². The maximum Gasteiger partial charge on any atom is 0.111 e. The van der Waals surface area contributed by atoms with Crippen molar-refractivity contribution in [2.75, 3.05) is 0 Å². The van der Waals surface area contributed by atoms with E-state index in [1.807, 2.05) is 0 Å². The Labute approximate surface area is 78.3 Å². The quantitative estimate of drug-likeness (QED) is 0.558. The van der Waals surface area contributed by atoms with Crippen LogP contribution in [0.4, 0.5) is 0 Å². The zero-order chi connectivity index (χ0) is 8.06. The van der Waals surface area contributed by atoms with E-state index in [0.29, 0.717) is 11.3 Å². The topological polar surface area (TPSA) is 0 Å². The van der Waals surface area contributed by atoms with Crippen molar-refractivity contribution in [3.8, 4) is 0 Å². The Hall–Kier alpha value is 0.580. The predicted molar refractivity (Wildman–Crippen MR) is 49.0 cm³/mol. The standard InChI is InChI=1S/C9H14Cl2/c1-9-5-6(9)3-2-4-7(9)8(10)11/h6-8H,2-5H2,1H3. The van der Waals surface area contributed by atoms with Crippen molar-refractivity contribution in [1.82, 2.24) is 0 Å². The zero-order valence-electron chi connectivity index (χ0n) is 6.82. The molecule has 0 aromatic rings. The minimum absolute atomic E-state index is 0.134. The van der Waals surface area contributed by atoms with E-state index in [1.165, 1.54) is 25.7 Å². The summed E-state index contributed by atoms with van der Waals surface area (Å²) in [7, 11) is 0. The number of rotatable bonds is 1. The lowest BCUT2D eigenvalue weighted by atomic mass is 9.80. The molecule has 2 fully saturated rings. The first kappa shape index (κ1) is 8.19. The van der Waals surface area contributed by atoms with E-state index in [9.17, 15) is 0 Å². The molecule has 3 atom stereocenters. The first-order chi connectivity index (χ1) is 5.14. The van der Waals surface area contributed by atoms with E-state index in [0.717, 1.165) is 5.92 Å². The van der Waals surface area contributed by atoms with E-state index >= 15 is 0 Å². The molecule has 0 radical (unpaired) electrons. The van der Waals surface area contributed by atoms with Crippen molar-refractivity contribution < 1.29 is 0 Å². The summed E-state index contributed by atoms with van der Waals surface area (Å²) in [5.41, 5.74) is 0.520. The van der Waals surface area contributed by atoms with E-state index in [1.54, 1.807) is 0 Å². The molecule has 11 heavy (non-hydrogen) atoms. The van der Waals surface area contributed by atoms with Gasteiger partial charge in [-0.15, -0.1) is 23.2 Å². The van der Waals surface area contributed by atoms with Crippen LogP contribution in [-0.2, 0) is 0 Å². The minimum atomic E-state index is -0.134. The van der Waals surface area contributed by atoms with Crippen LogP contribution in [0.1, 0.15) is 32.6 Å². The number of alkyl halides is 2. The molecule has 0 amide bonds. The molecule has 3 unspecified atom stereocenters. The van der Waals surface area contributed by atoms with E-state index in [-0.39, 0.29) is 4.84 Å². The van der Waals surface area contributed by atoms with Gasteiger partial charge in [0.1, 0.15) is 4.84 Å². The van der Waals surface area contributed by atoms with Gasteiger partial charge in [0.2, 0.25) is 0 Å². The molecule has 64 valence electrons. The van der Waals surface area contributed by atoms with Gasteiger partial charge in [0.25, 0.3) is 0 Å². The summed E-state index contributed by atoms with van der Waals surface area (Å²) in [5, 5.41) is 0. The highest BCUT2D eigenvalue weighted by atomic mass is 35.5. The Bertz CT molecular complexity index is 167. The molecule has 2 heteroatoms. The molecule has 0 nitrogen and oxygen atoms in total. The predicted octanol–water partition coefficient (Wildman–Crippen LogP) is 3.62. The first-order valence-electron chi connectivity index (χ1n) is 4.43. The molecule has 0 aromatic carbocycles. The van der Waals surface area contributed by atoms with Crippen molar-refractivity contribution in [2.24, 2.45) is 17.3 Å². The van der Waals surface area contributed by atoms with Gasteiger partial charge in [0.15, 0.2) is 0 Å². The van der Waals surface area contributed by atoms with Crippen LogP contribution in [0.2, 0.25) is 0 Å². The second-order valence-electron chi connectivity index (χ2n) is 4.28. The molecule has 0 saturated heterocycles. The van der Waals surface area contributed by atoms with Crippen LogP contribution in [0.3, 0.4) is 0 Å². The van der Waals surface area contributed by atoms with Crippen LogP contribution in [0, 0.1) is 17.3 Å². The lowest BCUT2D eigenvalue weighted by Crippen LogP contribution is -2.24. The van der Waals surface area contributed by atoms with Crippen molar-refractivity contribution in [2.45, 2.75) is 37.4 Å². The van der Waals surface area contributed by atoms with Gasteiger partial charge in [0, 0.05) is 0 Å². The Morgan fingerprint density at radius 3 is 2.64 bits per heavy atom. The van der Waals surface area contributed by atoms with E-state index in [2.05, 4.69) is 6.92 Å². The monoisotopic (exact) mass is 192 g/mol. The van der Waals surface area contributed by atoms with Crippen LogP contribution >= 0.6 is 23.2 Å². The average molecular weight is 193 g/mol. The maximum absolute atomic E-state index is 5.93. The third-order valence-electron chi connectivity index (χ3n) is 3.68. The fourth-order valence-corrected chi connectivity index (χ4v) is 3.51. The molecule has 2 rings (SSSR count). The fraction of sp³-hybridized carbons (Fsp3) is 1.00. The summed E-state index contributed by atoms with van der Waals surface area (Å²) in [5.74, 6) is 1.52. The summed E-state index contributed by atoms with van der Waals surface area (Å²) in [6.45, 7) is 2.35.